The van der Waals surface area contributed by atoms with Crippen LogP contribution in [-0.4, -0.2) is 21.5 Å². The van der Waals surface area contributed by atoms with Gasteiger partial charge in [-0.25, -0.2) is 9.97 Å². The fourth-order valence-corrected chi connectivity index (χ4v) is 2.66. The molecule has 0 spiro atoms. The monoisotopic (exact) mass is 324 g/mol. The third-order valence-electron chi connectivity index (χ3n) is 2.16. The molecule has 6 heteroatoms. The molecule has 0 radical (unpaired) electrons. The standard InChI is InChI=1S/C12H13BrN4S/c1-2-5-15-11-10(13)12(17-8-16-11)18-9-3-6-14-7-4-9/h3-4,6-8H,2,5H2,1H3,(H,15,16,17). The summed E-state index contributed by atoms with van der Waals surface area (Å²) in [5.74, 6) is 0.836. The lowest BCUT2D eigenvalue weighted by Crippen LogP contribution is -2.03. The van der Waals surface area contributed by atoms with E-state index in [1.54, 1.807) is 30.5 Å². The van der Waals surface area contributed by atoms with Crippen molar-refractivity contribution in [3.8, 4) is 0 Å². The minimum absolute atomic E-state index is 0.836. The van der Waals surface area contributed by atoms with E-state index in [-0.39, 0.29) is 0 Å². The second-order valence-corrected chi connectivity index (χ2v) is 5.41. The highest BCUT2D eigenvalue weighted by molar-refractivity contribution is 9.10. The second-order valence-electron chi connectivity index (χ2n) is 3.55. The number of hydrogen-bond donors (Lipinski definition) is 1. The molecule has 0 fully saturated rings. The van der Waals surface area contributed by atoms with Crippen molar-refractivity contribution < 1.29 is 0 Å². The Morgan fingerprint density at radius 3 is 2.78 bits per heavy atom. The van der Waals surface area contributed by atoms with Crippen LogP contribution in [0, 0.1) is 0 Å². The lowest BCUT2D eigenvalue weighted by molar-refractivity contribution is 0.946. The average molecular weight is 325 g/mol. The van der Waals surface area contributed by atoms with Gasteiger partial charge < -0.3 is 5.32 Å². The predicted molar refractivity (Wildman–Crippen MR) is 76.9 cm³/mol. The molecule has 0 aromatic carbocycles. The van der Waals surface area contributed by atoms with Crippen LogP contribution in [0.5, 0.6) is 0 Å². The minimum atomic E-state index is 0.836. The molecule has 0 aliphatic carbocycles. The first-order chi connectivity index (χ1) is 8.81. The van der Waals surface area contributed by atoms with Crippen molar-refractivity contribution in [2.45, 2.75) is 23.3 Å². The molecule has 2 aromatic rings. The summed E-state index contributed by atoms with van der Waals surface area (Å²) in [6, 6.07) is 3.91. The summed E-state index contributed by atoms with van der Waals surface area (Å²) in [6.45, 7) is 3.02. The second kappa shape index (κ2) is 6.70. The van der Waals surface area contributed by atoms with Gasteiger partial charge in [0.2, 0.25) is 0 Å². The van der Waals surface area contributed by atoms with Crippen LogP contribution in [0.2, 0.25) is 0 Å². The SMILES string of the molecule is CCCNc1ncnc(Sc2ccncc2)c1Br. The number of pyridine rings is 1. The van der Waals surface area contributed by atoms with E-state index in [9.17, 15) is 0 Å². The fourth-order valence-electron chi connectivity index (χ4n) is 1.31. The first-order valence-electron chi connectivity index (χ1n) is 5.63. The van der Waals surface area contributed by atoms with Gasteiger partial charge in [-0.2, -0.15) is 0 Å². The maximum absolute atomic E-state index is 4.29. The Labute approximate surface area is 119 Å². The molecule has 0 amide bonds. The number of aromatic nitrogens is 3. The Hall–Kier alpha value is -1.14. The normalized spacial score (nSPS) is 10.3. The van der Waals surface area contributed by atoms with Gasteiger partial charge in [0.05, 0.1) is 4.47 Å². The molecule has 1 N–H and O–H groups in total. The molecule has 0 aliphatic rings. The molecular weight excluding hydrogens is 312 g/mol. The molecule has 0 bridgehead atoms. The van der Waals surface area contributed by atoms with Crippen molar-refractivity contribution >= 4 is 33.5 Å². The highest BCUT2D eigenvalue weighted by Gasteiger charge is 2.09. The number of anilines is 1. The van der Waals surface area contributed by atoms with Gasteiger partial charge in [0.1, 0.15) is 17.2 Å². The summed E-state index contributed by atoms with van der Waals surface area (Å²) >= 11 is 5.13. The zero-order valence-electron chi connectivity index (χ0n) is 9.93. The summed E-state index contributed by atoms with van der Waals surface area (Å²) in [6.07, 6.45) is 6.18. The van der Waals surface area contributed by atoms with E-state index in [0.29, 0.717) is 0 Å². The van der Waals surface area contributed by atoms with Crippen LogP contribution in [-0.2, 0) is 0 Å². The topological polar surface area (TPSA) is 50.7 Å². The van der Waals surface area contributed by atoms with Crippen LogP contribution in [0.1, 0.15) is 13.3 Å². The highest BCUT2D eigenvalue weighted by atomic mass is 79.9. The first-order valence-corrected chi connectivity index (χ1v) is 7.24. The largest absolute Gasteiger partial charge is 0.369 e. The van der Waals surface area contributed by atoms with E-state index < -0.39 is 0 Å². The zero-order valence-corrected chi connectivity index (χ0v) is 12.3. The van der Waals surface area contributed by atoms with Gasteiger partial charge in [-0.1, -0.05) is 18.7 Å². The van der Waals surface area contributed by atoms with Crippen molar-refractivity contribution in [1.82, 2.24) is 15.0 Å². The van der Waals surface area contributed by atoms with Crippen LogP contribution < -0.4 is 5.32 Å². The van der Waals surface area contributed by atoms with Crippen LogP contribution in [0.4, 0.5) is 5.82 Å². The van der Waals surface area contributed by atoms with Gasteiger partial charge in [0.25, 0.3) is 0 Å². The number of rotatable bonds is 5. The Morgan fingerprint density at radius 2 is 2.06 bits per heavy atom. The van der Waals surface area contributed by atoms with Gasteiger partial charge in [-0.3, -0.25) is 4.98 Å². The molecule has 94 valence electrons. The van der Waals surface area contributed by atoms with Gasteiger partial charge >= 0.3 is 0 Å². The Balaban J connectivity index is 2.18. The van der Waals surface area contributed by atoms with Gasteiger partial charge in [0.15, 0.2) is 0 Å². The molecular formula is C12H13BrN4S. The van der Waals surface area contributed by atoms with Gasteiger partial charge in [-0.15, -0.1) is 0 Å². The Kier molecular flexibility index (Phi) is 4.95. The number of hydrogen-bond acceptors (Lipinski definition) is 5. The molecule has 0 atom stereocenters. The molecule has 2 heterocycles. The van der Waals surface area contributed by atoms with Crippen molar-refractivity contribution in [3.63, 3.8) is 0 Å². The van der Waals surface area contributed by atoms with Crippen LogP contribution in [0.25, 0.3) is 0 Å². The Bertz CT molecular complexity index is 507. The van der Waals surface area contributed by atoms with Crippen molar-refractivity contribution in [1.29, 1.82) is 0 Å². The summed E-state index contributed by atoms with van der Waals surface area (Å²) < 4.78 is 0.903. The summed E-state index contributed by atoms with van der Waals surface area (Å²) in [5, 5.41) is 4.16. The molecule has 2 rings (SSSR count). The summed E-state index contributed by atoms with van der Waals surface area (Å²) in [5.41, 5.74) is 0. The number of nitrogens with one attached hydrogen (secondary N) is 1. The van der Waals surface area contributed by atoms with Crippen LogP contribution in [0.15, 0.2) is 45.2 Å². The Morgan fingerprint density at radius 1 is 1.28 bits per heavy atom. The van der Waals surface area contributed by atoms with E-state index in [0.717, 1.165) is 33.2 Å². The van der Waals surface area contributed by atoms with E-state index in [4.69, 9.17) is 0 Å². The summed E-state index contributed by atoms with van der Waals surface area (Å²) in [4.78, 5) is 13.6. The quantitative estimate of drug-likeness (QED) is 0.851. The zero-order chi connectivity index (χ0) is 12.8. The smallest absolute Gasteiger partial charge is 0.144 e. The third-order valence-corrected chi connectivity index (χ3v) is 4.19. The molecule has 0 aliphatic heterocycles. The third kappa shape index (κ3) is 3.43. The lowest BCUT2D eigenvalue weighted by Gasteiger charge is -2.08. The molecule has 2 aromatic heterocycles. The molecule has 0 unspecified atom stereocenters. The molecule has 18 heavy (non-hydrogen) atoms. The van der Waals surface area contributed by atoms with Crippen molar-refractivity contribution in [2.75, 3.05) is 11.9 Å². The van der Waals surface area contributed by atoms with Crippen LogP contribution in [0.3, 0.4) is 0 Å². The first kappa shape index (κ1) is 13.3. The minimum Gasteiger partial charge on any atom is -0.369 e. The average Bonchev–Trinajstić information content (AvgIpc) is 2.41. The van der Waals surface area contributed by atoms with Crippen LogP contribution >= 0.6 is 27.7 Å². The number of halogens is 1. The maximum atomic E-state index is 4.29. The van der Waals surface area contributed by atoms with Crippen molar-refractivity contribution in [2.24, 2.45) is 0 Å². The summed E-state index contributed by atoms with van der Waals surface area (Å²) in [7, 11) is 0. The molecule has 0 saturated heterocycles. The van der Waals surface area contributed by atoms with Crippen molar-refractivity contribution in [3.05, 3.63) is 35.3 Å². The van der Waals surface area contributed by atoms with E-state index >= 15 is 0 Å². The predicted octanol–water partition coefficient (Wildman–Crippen LogP) is 3.61. The highest BCUT2D eigenvalue weighted by Crippen LogP contribution is 2.34. The van der Waals surface area contributed by atoms with E-state index in [1.165, 1.54) is 0 Å². The number of nitrogens with zero attached hydrogens (tertiary/aromatic N) is 3. The lowest BCUT2D eigenvalue weighted by atomic mass is 10.4. The fraction of sp³-hybridized carbons (Fsp3) is 0.250. The maximum Gasteiger partial charge on any atom is 0.144 e. The molecule has 4 nitrogen and oxygen atoms in total. The van der Waals surface area contributed by atoms with Gasteiger partial charge in [-0.05, 0) is 34.5 Å². The van der Waals surface area contributed by atoms with Gasteiger partial charge in [0, 0.05) is 23.8 Å². The van der Waals surface area contributed by atoms with E-state index in [2.05, 4.69) is 43.1 Å². The van der Waals surface area contributed by atoms with E-state index in [1.807, 2.05) is 12.1 Å². The molecule has 0 saturated carbocycles.